The zero-order valence-electron chi connectivity index (χ0n) is 21.4. The SMILES string of the molecule is Cc1ccc(Oc2ccc(NC(=O)CCCC(=O)OCC(=O)Nc3cc(C)c(Br)c(C)c3)cc2)cc1C. The maximum atomic E-state index is 12.2. The summed E-state index contributed by atoms with van der Waals surface area (Å²) in [6.45, 7) is 7.56. The number of aryl methyl sites for hydroxylation is 4. The zero-order chi connectivity index (χ0) is 26.9. The number of anilines is 2. The Kier molecular flexibility index (Phi) is 9.85. The van der Waals surface area contributed by atoms with Gasteiger partial charge in [0.2, 0.25) is 5.91 Å². The fraction of sp³-hybridized carbons (Fsp3) is 0.276. The minimum absolute atomic E-state index is 0.0416. The van der Waals surface area contributed by atoms with Gasteiger partial charge in [-0.05, 0) is 105 Å². The van der Waals surface area contributed by atoms with E-state index in [4.69, 9.17) is 9.47 Å². The first kappa shape index (κ1) is 27.9. The second kappa shape index (κ2) is 13.1. The lowest BCUT2D eigenvalue weighted by Gasteiger charge is -2.10. The van der Waals surface area contributed by atoms with E-state index in [1.807, 2.05) is 58.0 Å². The van der Waals surface area contributed by atoms with Crippen LogP contribution in [0.1, 0.15) is 41.5 Å². The molecule has 0 aromatic heterocycles. The fourth-order valence-corrected chi connectivity index (χ4v) is 3.80. The number of ether oxygens (including phenoxy) is 2. The van der Waals surface area contributed by atoms with E-state index in [9.17, 15) is 14.4 Å². The molecule has 0 radical (unpaired) electrons. The van der Waals surface area contributed by atoms with E-state index in [1.54, 1.807) is 24.3 Å². The molecule has 0 saturated heterocycles. The Morgan fingerprint density at radius 3 is 1.97 bits per heavy atom. The predicted octanol–water partition coefficient (Wildman–Crippen LogP) is 6.77. The van der Waals surface area contributed by atoms with Crippen molar-refractivity contribution in [2.24, 2.45) is 0 Å². The molecule has 2 N–H and O–H groups in total. The predicted molar refractivity (Wildman–Crippen MR) is 148 cm³/mol. The van der Waals surface area contributed by atoms with Gasteiger partial charge in [-0.25, -0.2) is 0 Å². The fourth-order valence-electron chi connectivity index (χ4n) is 3.57. The molecule has 0 fully saturated rings. The van der Waals surface area contributed by atoms with Gasteiger partial charge in [-0.15, -0.1) is 0 Å². The number of rotatable bonds is 10. The van der Waals surface area contributed by atoms with Crippen LogP contribution in [0.4, 0.5) is 11.4 Å². The Morgan fingerprint density at radius 1 is 0.703 bits per heavy atom. The van der Waals surface area contributed by atoms with Gasteiger partial charge in [0.1, 0.15) is 11.5 Å². The van der Waals surface area contributed by atoms with Crippen LogP contribution in [-0.4, -0.2) is 24.4 Å². The molecule has 8 heteroatoms. The smallest absolute Gasteiger partial charge is 0.306 e. The number of amides is 2. The Labute approximate surface area is 225 Å². The van der Waals surface area contributed by atoms with Crippen molar-refractivity contribution in [3.8, 4) is 11.5 Å². The number of hydrogen-bond acceptors (Lipinski definition) is 5. The van der Waals surface area contributed by atoms with Crippen LogP contribution >= 0.6 is 15.9 Å². The highest BCUT2D eigenvalue weighted by Gasteiger charge is 2.11. The van der Waals surface area contributed by atoms with E-state index < -0.39 is 11.9 Å². The number of carbonyl (C=O) groups excluding carboxylic acids is 3. The summed E-state index contributed by atoms with van der Waals surface area (Å²) in [5.74, 6) is 0.256. The number of nitrogens with one attached hydrogen (secondary N) is 2. The molecule has 3 aromatic rings. The Hall–Kier alpha value is -3.65. The Morgan fingerprint density at radius 2 is 1.32 bits per heavy atom. The first-order chi connectivity index (χ1) is 17.6. The van der Waals surface area contributed by atoms with E-state index in [2.05, 4.69) is 26.6 Å². The summed E-state index contributed by atoms with van der Waals surface area (Å²) in [5.41, 5.74) is 5.61. The molecule has 0 spiro atoms. The van der Waals surface area contributed by atoms with Gasteiger partial charge < -0.3 is 20.1 Å². The maximum absolute atomic E-state index is 12.2. The van der Waals surface area contributed by atoms with Crippen LogP contribution in [0.3, 0.4) is 0 Å². The average Bonchev–Trinajstić information content (AvgIpc) is 2.84. The van der Waals surface area contributed by atoms with Crippen LogP contribution in [0.15, 0.2) is 59.1 Å². The molecule has 0 saturated carbocycles. The molecule has 3 aromatic carbocycles. The minimum atomic E-state index is -0.529. The molecule has 2 amide bonds. The lowest BCUT2D eigenvalue weighted by molar-refractivity contribution is -0.147. The molecule has 3 rings (SSSR count). The van der Waals surface area contributed by atoms with Crippen molar-refractivity contribution in [2.75, 3.05) is 17.2 Å². The van der Waals surface area contributed by atoms with Gasteiger partial charge in [0, 0.05) is 28.7 Å². The Balaban J connectivity index is 1.35. The first-order valence-electron chi connectivity index (χ1n) is 12.0. The first-order valence-corrected chi connectivity index (χ1v) is 12.8. The average molecular weight is 567 g/mol. The van der Waals surface area contributed by atoms with E-state index in [0.29, 0.717) is 23.5 Å². The lowest BCUT2D eigenvalue weighted by atomic mass is 10.1. The van der Waals surface area contributed by atoms with Crippen molar-refractivity contribution in [3.63, 3.8) is 0 Å². The number of esters is 1. The van der Waals surface area contributed by atoms with Crippen LogP contribution in [0.25, 0.3) is 0 Å². The topological polar surface area (TPSA) is 93.7 Å². The van der Waals surface area contributed by atoms with Crippen LogP contribution in [0.2, 0.25) is 0 Å². The number of benzene rings is 3. The third kappa shape index (κ3) is 8.75. The Bertz CT molecular complexity index is 1260. The highest BCUT2D eigenvalue weighted by Crippen LogP contribution is 2.26. The van der Waals surface area contributed by atoms with Crippen LogP contribution in [-0.2, 0) is 19.1 Å². The lowest BCUT2D eigenvalue weighted by Crippen LogP contribution is -2.21. The summed E-state index contributed by atoms with van der Waals surface area (Å²) in [4.78, 5) is 36.3. The molecule has 0 aliphatic carbocycles. The van der Waals surface area contributed by atoms with Gasteiger partial charge in [0.05, 0.1) is 0 Å². The molecular formula is C29H31BrN2O5. The van der Waals surface area contributed by atoms with Gasteiger partial charge in [0.15, 0.2) is 6.61 Å². The van der Waals surface area contributed by atoms with Crippen molar-refractivity contribution >= 4 is 45.1 Å². The quantitative estimate of drug-likeness (QED) is 0.264. The molecule has 0 heterocycles. The van der Waals surface area contributed by atoms with E-state index in [-0.39, 0.29) is 25.4 Å². The van der Waals surface area contributed by atoms with Crippen molar-refractivity contribution < 1.29 is 23.9 Å². The maximum Gasteiger partial charge on any atom is 0.306 e. The van der Waals surface area contributed by atoms with Gasteiger partial charge >= 0.3 is 5.97 Å². The summed E-state index contributed by atoms with van der Waals surface area (Å²) in [5, 5.41) is 5.52. The second-order valence-corrected chi connectivity index (χ2v) is 9.70. The third-order valence-electron chi connectivity index (χ3n) is 5.72. The van der Waals surface area contributed by atoms with E-state index in [0.717, 1.165) is 26.9 Å². The number of halogens is 1. The van der Waals surface area contributed by atoms with Gasteiger partial charge in [-0.3, -0.25) is 14.4 Å². The summed E-state index contributed by atoms with van der Waals surface area (Å²) in [7, 11) is 0. The molecule has 0 bridgehead atoms. The molecule has 0 aliphatic heterocycles. The van der Waals surface area contributed by atoms with Crippen LogP contribution < -0.4 is 15.4 Å². The van der Waals surface area contributed by atoms with E-state index in [1.165, 1.54) is 5.56 Å². The highest BCUT2D eigenvalue weighted by molar-refractivity contribution is 9.10. The minimum Gasteiger partial charge on any atom is -0.457 e. The van der Waals surface area contributed by atoms with Crippen LogP contribution in [0.5, 0.6) is 11.5 Å². The molecule has 7 nitrogen and oxygen atoms in total. The van der Waals surface area contributed by atoms with E-state index >= 15 is 0 Å². The highest BCUT2D eigenvalue weighted by atomic mass is 79.9. The standard InChI is InChI=1S/C29H31BrN2O5/c1-18-8-11-25(16-19(18)2)37-24-12-9-22(10-13-24)31-26(33)6-5-7-28(35)36-17-27(34)32-23-14-20(3)29(30)21(4)15-23/h8-16H,5-7,17H2,1-4H3,(H,31,33)(H,32,34). The third-order valence-corrected chi connectivity index (χ3v) is 6.97. The largest absolute Gasteiger partial charge is 0.457 e. The summed E-state index contributed by atoms with van der Waals surface area (Å²) in [6, 6.07) is 16.7. The van der Waals surface area contributed by atoms with Gasteiger partial charge in [0.25, 0.3) is 5.91 Å². The zero-order valence-corrected chi connectivity index (χ0v) is 23.0. The molecule has 194 valence electrons. The van der Waals surface area contributed by atoms with Crippen molar-refractivity contribution in [1.82, 2.24) is 0 Å². The number of carbonyl (C=O) groups is 3. The van der Waals surface area contributed by atoms with Crippen molar-refractivity contribution in [3.05, 3.63) is 81.3 Å². The van der Waals surface area contributed by atoms with Crippen molar-refractivity contribution in [2.45, 2.75) is 47.0 Å². The molecule has 0 atom stereocenters. The van der Waals surface area contributed by atoms with Gasteiger partial charge in [-0.2, -0.15) is 0 Å². The molecule has 0 aliphatic rings. The van der Waals surface area contributed by atoms with Crippen molar-refractivity contribution in [1.29, 1.82) is 0 Å². The summed E-state index contributed by atoms with van der Waals surface area (Å²) >= 11 is 3.48. The molecule has 0 unspecified atom stereocenters. The normalized spacial score (nSPS) is 10.5. The summed E-state index contributed by atoms with van der Waals surface area (Å²) < 4.78 is 11.9. The van der Waals surface area contributed by atoms with Crippen LogP contribution in [0, 0.1) is 27.7 Å². The van der Waals surface area contributed by atoms with Gasteiger partial charge in [-0.1, -0.05) is 22.0 Å². The monoisotopic (exact) mass is 566 g/mol. The number of hydrogen-bond donors (Lipinski definition) is 2. The second-order valence-electron chi connectivity index (χ2n) is 8.91. The molecule has 37 heavy (non-hydrogen) atoms. The summed E-state index contributed by atoms with van der Waals surface area (Å²) in [6.07, 6.45) is 0.505. The molecular weight excluding hydrogens is 536 g/mol.